The Hall–Kier alpha value is -0.730. The molecule has 0 bridgehead atoms. The van der Waals surface area contributed by atoms with Gasteiger partial charge in [-0.2, -0.15) is 0 Å². The highest BCUT2D eigenvalue weighted by Crippen LogP contribution is 2.25. The summed E-state index contributed by atoms with van der Waals surface area (Å²) < 4.78 is 0. The van der Waals surface area contributed by atoms with Crippen LogP contribution in [0.5, 0.6) is 0 Å². The van der Waals surface area contributed by atoms with E-state index in [0.29, 0.717) is 18.0 Å². The molecular formula is C17H29ClN2. The molecule has 0 aliphatic rings. The third kappa shape index (κ3) is 5.34. The molecule has 0 spiro atoms. The highest BCUT2D eigenvalue weighted by molar-refractivity contribution is 6.31. The topological polar surface area (TPSA) is 15.3 Å². The van der Waals surface area contributed by atoms with E-state index in [-0.39, 0.29) is 0 Å². The van der Waals surface area contributed by atoms with Gasteiger partial charge in [0.15, 0.2) is 0 Å². The Bertz CT molecular complexity index is 415. The van der Waals surface area contributed by atoms with Crippen molar-refractivity contribution in [1.29, 1.82) is 0 Å². The number of nitrogens with zero attached hydrogens (tertiary/aromatic N) is 1. The summed E-state index contributed by atoms with van der Waals surface area (Å²) in [7, 11) is 2.14. The summed E-state index contributed by atoms with van der Waals surface area (Å²) in [5.74, 6) is 0.706. The summed E-state index contributed by atoms with van der Waals surface area (Å²) in [6.45, 7) is 11.9. The highest BCUT2D eigenvalue weighted by Gasteiger charge is 2.13. The molecule has 0 radical (unpaired) electrons. The number of nitrogens with one attached hydrogen (secondary N) is 1. The van der Waals surface area contributed by atoms with Crippen molar-refractivity contribution in [2.24, 2.45) is 5.92 Å². The van der Waals surface area contributed by atoms with Crippen LogP contribution in [0.25, 0.3) is 0 Å². The van der Waals surface area contributed by atoms with E-state index in [1.165, 1.54) is 12.1 Å². The van der Waals surface area contributed by atoms with Gasteiger partial charge in [0.05, 0.1) is 0 Å². The molecule has 0 saturated heterocycles. The van der Waals surface area contributed by atoms with Crippen molar-refractivity contribution in [3.05, 3.63) is 28.8 Å². The zero-order valence-corrected chi connectivity index (χ0v) is 14.5. The number of benzene rings is 1. The van der Waals surface area contributed by atoms with Crippen LogP contribution < -0.4 is 10.2 Å². The maximum Gasteiger partial charge on any atom is 0.0471 e. The van der Waals surface area contributed by atoms with Gasteiger partial charge in [-0.3, -0.25) is 0 Å². The van der Waals surface area contributed by atoms with Crippen LogP contribution in [-0.4, -0.2) is 19.1 Å². The molecule has 2 nitrogen and oxygen atoms in total. The second-order valence-electron chi connectivity index (χ2n) is 6.40. The van der Waals surface area contributed by atoms with Crippen molar-refractivity contribution in [2.75, 3.05) is 11.9 Å². The Labute approximate surface area is 129 Å². The van der Waals surface area contributed by atoms with Gasteiger partial charge in [0, 0.05) is 36.4 Å². The average Bonchev–Trinajstić information content (AvgIpc) is 2.35. The lowest BCUT2D eigenvalue weighted by molar-refractivity contribution is 0.504. The van der Waals surface area contributed by atoms with Crippen LogP contribution in [-0.2, 0) is 6.54 Å². The fourth-order valence-corrected chi connectivity index (χ4v) is 2.55. The maximum absolute atomic E-state index is 6.40. The van der Waals surface area contributed by atoms with Gasteiger partial charge in [-0.05, 0) is 37.0 Å². The lowest BCUT2D eigenvalue weighted by atomic mass is 10.0. The van der Waals surface area contributed by atoms with Crippen molar-refractivity contribution in [1.82, 2.24) is 5.32 Å². The third-order valence-electron chi connectivity index (χ3n) is 3.62. The standard InChI is InChI=1S/C17H29ClN2/c1-12(2)9-14(5)20(6)16-8-7-15(17(18)10-16)11-19-13(3)4/h7-8,10,12-14,19H,9,11H2,1-6H3. The first-order valence-corrected chi connectivity index (χ1v) is 7.93. The Balaban J connectivity index is 2.75. The molecule has 0 aliphatic heterocycles. The van der Waals surface area contributed by atoms with Crippen molar-refractivity contribution in [3.63, 3.8) is 0 Å². The normalized spacial score (nSPS) is 13.1. The second kappa shape index (κ2) is 7.90. The van der Waals surface area contributed by atoms with Gasteiger partial charge in [-0.25, -0.2) is 0 Å². The largest absolute Gasteiger partial charge is 0.372 e. The SMILES string of the molecule is CC(C)CC(C)N(C)c1ccc(CNC(C)C)c(Cl)c1. The minimum atomic E-state index is 0.472. The fourth-order valence-electron chi connectivity index (χ4n) is 2.31. The smallest absolute Gasteiger partial charge is 0.0471 e. The molecule has 0 fully saturated rings. The minimum absolute atomic E-state index is 0.472. The van der Waals surface area contributed by atoms with E-state index in [0.717, 1.165) is 17.1 Å². The summed E-state index contributed by atoms with van der Waals surface area (Å²) in [6, 6.07) is 7.37. The molecule has 1 N–H and O–H groups in total. The highest BCUT2D eigenvalue weighted by atomic mass is 35.5. The number of anilines is 1. The minimum Gasteiger partial charge on any atom is -0.372 e. The van der Waals surface area contributed by atoms with E-state index < -0.39 is 0 Å². The van der Waals surface area contributed by atoms with Crippen LogP contribution in [0, 0.1) is 5.92 Å². The average molecular weight is 297 g/mol. The molecule has 0 heterocycles. The zero-order chi connectivity index (χ0) is 15.3. The Morgan fingerprint density at radius 1 is 1.15 bits per heavy atom. The lowest BCUT2D eigenvalue weighted by Crippen LogP contribution is -2.30. The third-order valence-corrected chi connectivity index (χ3v) is 3.97. The van der Waals surface area contributed by atoms with Crippen molar-refractivity contribution < 1.29 is 0 Å². The fraction of sp³-hybridized carbons (Fsp3) is 0.647. The molecule has 1 atom stereocenters. The molecular weight excluding hydrogens is 268 g/mol. The quantitative estimate of drug-likeness (QED) is 0.784. The molecule has 0 aromatic heterocycles. The van der Waals surface area contributed by atoms with E-state index in [1.54, 1.807) is 0 Å². The Morgan fingerprint density at radius 2 is 1.80 bits per heavy atom. The summed E-state index contributed by atoms with van der Waals surface area (Å²) >= 11 is 6.40. The molecule has 0 aliphatic carbocycles. The van der Waals surface area contributed by atoms with Crippen LogP contribution in [0.2, 0.25) is 5.02 Å². The van der Waals surface area contributed by atoms with E-state index in [2.05, 4.69) is 70.1 Å². The second-order valence-corrected chi connectivity index (χ2v) is 6.81. The van der Waals surface area contributed by atoms with E-state index in [4.69, 9.17) is 11.6 Å². The zero-order valence-electron chi connectivity index (χ0n) is 13.7. The van der Waals surface area contributed by atoms with Crippen molar-refractivity contribution in [2.45, 2.75) is 59.7 Å². The van der Waals surface area contributed by atoms with Gasteiger partial charge in [-0.1, -0.05) is 45.4 Å². The molecule has 3 heteroatoms. The van der Waals surface area contributed by atoms with Crippen molar-refractivity contribution in [3.8, 4) is 0 Å². The maximum atomic E-state index is 6.40. The van der Waals surface area contributed by atoms with Gasteiger partial charge in [0.2, 0.25) is 0 Å². The first-order valence-electron chi connectivity index (χ1n) is 7.56. The monoisotopic (exact) mass is 296 g/mol. The summed E-state index contributed by atoms with van der Waals surface area (Å²) in [5, 5.41) is 4.25. The van der Waals surface area contributed by atoms with Gasteiger partial charge in [0.1, 0.15) is 0 Å². The first-order chi connectivity index (χ1) is 9.31. The van der Waals surface area contributed by atoms with E-state index in [9.17, 15) is 0 Å². The number of rotatable bonds is 7. The van der Waals surface area contributed by atoms with Gasteiger partial charge >= 0.3 is 0 Å². The molecule has 1 aromatic carbocycles. The van der Waals surface area contributed by atoms with Crippen LogP contribution in [0.3, 0.4) is 0 Å². The molecule has 0 amide bonds. The van der Waals surface area contributed by atoms with E-state index >= 15 is 0 Å². The van der Waals surface area contributed by atoms with Crippen molar-refractivity contribution >= 4 is 17.3 Å². The van der Waals surface area contributed by atoms with E-state index in [1.807, 2.05) is 0 Å². The summed E-state index contributed by atoms with van der Waals surface area (Å²) in [4.78, 5) is 2.31. The molecule has 1 unspecified atom stereocenters. The van der Waals surface area contributed by atoms with Crippen LogP contribution in [0.4, 0.5) is 5.69 Å². The molecule has 1 rings (SSSR count). The number of halogens is 1. The van der Waals surface area contributed by atoms with Crippen LogP contribution in [0.15, 0.2) is 18.2 Å². The molecule has 1 aromatic rings. The van der Waals surface area contributed by atoms with Crippen LogP contribution in [0.1, 0.15) is 46.6 Å². The predicted octanol–water partition coefficient (Wildman–Crippen LogP) is 4.71. The Morgan fingerprint density at radius 3 is 2.30 bits per heavy atom. The summed E-state index contributed by atoms with van der Waals surface area (Å²) in [6.07, 6.45) is 1.19. The molecule has 0 saturated carbocycles. The lowest BCUT2D eigenvalue weighted by Gasteiger charge is -2.29. The van der Waals surface area contributed by atoms with Gasteiger partial charge in [-0.15, -0.1) is 0 Å². The first kappa shape index (κ1) is 17.3. The number of hydrogen-bond donors (Lipinski definition) is 1. The molecule has 20 heavy (non-hydrogen) atoms. The number of hydrogen-bond acceptors (Lipinski definition) is 2. The Kier molecular flexibility index (Phi) is 6.84. The summed E-state index contributed by atoms with van der Waals surface area (Å²) in [5.41, 5.74) is 2.35. The van der Waals surface area contributed by atoms with Gasteiger partial charge in [0.25, 0.3) is 0 Å². The predicted molar refractivity (Wildman–Crippen MR) is 90.7 cm³/mol. The van der Waals surface area contributed by atoms with Crippen LogP contribution >= 0.6 is 11.6 Å². The molecule has 114 valence electrons. The van der Waals surface area contributed by atoms with Gasteiger partial charge < -0.3 is 10.2 Å².